The van der Waals surface area contributed by atoms with Crippen molar-refractivity contribution in [1.82, 2.24) is 0 Å². The van der Waals surface area contributed by atoms with Gasteiger partial charge in [-0.25, -0.2) is 0 Å². The van der Waals surface area contributed by atoms with E-state index < -0.39 is 17.3 Å². The molecule has 1 rings (SSSR count). The Kier molecular flexibility index (Phi) is 4.64. The molecular formula is C11H15NO3S. The molecule has 5 heteroatoms. The van der Waals surface area contributed by atoms with Crippen LogP contribution in [-0.4, -0.2) is 29.5 Å². The van der Waals surface area contributed by atoms with Crippen molar-refractivity contribution in [2.75, 3.05) is 7.11 Å². The Bertz CT molecular complexity index is 353. The van der Waals surface area contributed by atoms with Crippen LogP contribution < -0.4 is 10.5 Å². The van der Waals surface area contributed by atoms with Gasteiger partial charge in [0.25, 0.3) is 0 Å². The van der Waals surface area contributed by atoms with Gasteiger partial charge in [-0.15, -0.1) is 0 Å². The lowest BCUT2D eigenvalue weighted by atomic mass is 10.1. The number of carbonyl (C=O) groups is 1. The molecule has 0 aromatic heterocycles. The maximum Gasteiger partial charge on any atom is 0.321 e. The highest BCUT2D eigenvalue weighted by Crippen LogP contribution is 2.15. The van der Waals surface area contributed by atoms with Gasteiger partial charge in [-0.2, -0.15) is 12.6 Å². The summed E-state index contributed by atoms with van der Waals surface area (Å²) in [5.74, 6) is -0.268. The number of hydrogen-bond acceptors (Lipinski definition) is 4. The average molecular weight is 241 g/mol. The topological polar surface area (TPSA) is 72.5 Å². The number of ether oxygens (including phenoxy) is 1. The molecule has 3 N–H and O–H groups in total. The van der Waals surface area contributed by atoms with Crippen molar-refractivity contribution in [3.63, 3.8) is 0 Å². The molecule has 4 nitrogen and oxygen atoms in total. The van der Waals surface area contributed by atoms with Crippen molar-refractivity contribution in [1.29, 1.82) is 0 Å². The number of carboxylic acid groups (broad SMARTS) is 1. The number of nitrogens with two attached hydrogens (primary N) is 1. The van der Waals surface area contributed by atoms with Gasteiger partial charge in [0.2, 0.25) is 0 Å². The summed E-state index contributed by atoms with van der Waals surface area (Å²) < 4.78 is 5.02. The summed E-state index contributed by atoms with van der Waals surface area (Å²) in [6, 6.07) is 6.43. The Morgan fingerprint density at radius 3 is 2.50 bits per heavy atom. The van der Waals surface area contributed by atoms with Crippen molar-refractivity contribution >= 4 is 18.6 Å². The maximum atomic E-state index is 10.6. The number of thiol groups is 1. The SMILES string of the molecule is COc1ccc(CC(S)C(N)C(=O)O)cc1. The van der Waals surface area contributed by atoms with Gasteiger partial charge < -0.3 is 15.6 Å². The number of benzene rings is 1. The van der Waals surface area contributed by atoms with Crippen LogP contribution in [0.2, 0.25) is 0 Å². The molecule has 0 radical (unpaired) electrons. The minimum atomic E-state index is -1.03. The molecule has 16 heavy (non-hydrogen) atoms. The molecule has 0 aliphatic heterocycles. The zero-order chi connectivity index (χ0) is 12.1. The third-order valence-corrected chi connectivity index (χ3v) is 2.81. The van der Waals surface area contributed by atoms with Crippen LogP contribution in [0, 0.1) is 0 Å². The minimum Gasteiger partial charge on any atom is -0.497 e. The van der Waals surface area contributed by atoms with Gasteiger partial charge in [-0.1, -0.05) is 12.1 Å². The minimum absolute atomic E-state index is 0.397. The van der Waals surface area contributed by atoms with Crippen LogP contribution in [0.3, 0.4) is 0 Å². The molecule has 0 saturated carbocycles. The van der Waals surface area contributed by atoms with Crippen LogP contribution in [0.5, 0.6) is 5.75 Å². The summed E-state index contributed by atoms with van der Waals surface area (Å²) in [5.41, 5.74) is 6.45. The second-order valence-electron chi connectivity index (χ2n) is 3.48. The van der Waals surface area contributed by atoms with Crippen LogP contribution in [0.1, 0.15) is 5.56 Å². The standard InChI is InChI=1S/C11H15NO3S/c1-15-8-4-2-7(3-5-8)6-9(16)10(12)11(13)14/h2-5,9-10,16H,6,12H2,1H3,(H,13,14). The Morgan fingerprint density at radius 1 is 1.50 bits per heavy atom. The van der Waals surface area contributed by atoms with E-state index in [0.29, 0.717) is 6.42 Å². The zero-order valence-corrected chi connectivity index (χ0v) is 9.85. The summed E-state index contributed by atoms with van der Waals surface area (Å²) in [6.07, 6.45) is 0.514. The molecular weight excluding hydrogens is 226 g/mol. The third kappa shape index (κ3) is 3.43. The Balaban J connectivity index is 2.62. The Hall–Kier alpha value is -1.20. The first-order valence-corrected chi connectivity index (χ1v) is 5.35. The van der Waals surface area contributed by atoms with Crippen LogP contribution in [0.4, 0.5) is 0 Å². The smallest absolute Gasteiger partial charge is 0.321 e. The summed E-state index contributed by atoms with van der Waals surface area (Å²) in [6.45, 7) is 0. The summed E-state index contributed by atoms with van der Waals surface area (Å²) in [5, 5.41) is 8.32. The van der Waals surface area contributed by atoms with Crippen LogP contribution in [-0.2, 0) is 11.2 Å². The van der Waals surface area contributed by atoms with E-state index in [0.717, 1.165) is 11.3 Å². The number of aliphatic carboxylic acids is 1. The number of rotatable bonds is 5. The lowest BCUT2D eigenvalue weighted by Crippen LogP contribution is -2.39. The van der Waals surface area contributed by atoms with Gasteiger partial charge >= 0.3 is 5.97 Å². The highest BCUT2D eigenvalue weighted by Gasteiger charge is 2.20. The fourth-order valence-electron chi connectivity index (χ4n) is 1.29. The van der Waals surface area contributed by atoms with E-state index in [1.54, 1.807) is 7.11 Å². The molecule has 0 saturated heterocycles. The van der Waals surface area contributed by atoms with E-state index >= 15 is 0 Å². The summed E-state index contributed by atoms with van der Waals surface area (Å²) in [4.78, 5) is 10.6. The molecule has 0 aliphatic rings. The molecule has 0 heterocycles. The van der Waals surface area contributed by atoms with E-state index in [-0.39, 0.29) is 0 Å². The fraction of sp³-hybridized carbons (Fsp3) is 0.364. The molecule has 0 amide bonds. The first-order chi connectivity index (χ1) is 7.54. The summed E-state index contributed by atoms with van der Waals surface area (Å²) in [7, 11) is 1.59. The molecule has 2 unspecified atom stereocenters. The Morgan fingerprint density at radius 2 is 2.06 bits per heavy atom. The Labute approximate surface area is 99.8 Å². The van der Waals surface area contributed by atoms with E-state index in [4.69, 9.17) is 15.6 Å². The van der Waals surface area contributed by atoms with Crippen molar-refractivity contribution in [3.05, 3.63) is 29.8 Å². The van der Waals surface area contributed by atoms with Gasteiger partial charge in [0, 0.05) is 5.25 Å². The molecule has 0 bridgehead atoms. The number of hydrogen-bond donors (Lipinski definition) is 3. The molecule has 0 fully saturated rings. The lowest BCUT2D eigenvalue weighted by Gasteiger charge is -2.15. The third-order valence-electron chi connectivity index (χ3n) is 2.30. The average Bonchev–Trinajstić information content (AvgIpc) is 2.28. The van der Waals surface area contributed by atoms with Gasteiger partial charge in [0.15, 0.2) is 0 Å². The monoisotopic (exact) mass is 241 g/mol. The van der Waals surface area contributed by atoms with Gasteiger partial charge in [-0.3, -0.25) is 4.79 Å². The van der Waals surface area contributed by atoms with Crippen molar-refractivity contribution in [2.45, 2.75) is 17.7 Å². The first kappa shape index (κ1) is 12.9. The van der Waals surface area contributed by atoms with Gasteiger partial charge in [0.05, 0.1) is 7.11 Å². The predicted octanol–water partition coefficient (Wildman–Crippen LogP) is 0.948. The van der Waals surface area contributed by atoms with Crippen molar-refractivity contribution in [2.24, 2.45) is 5.73 Å². The maximum absolute atomic E-state index is 10.6. The molecule has 0 spiro atoms. The number of carboxylic acids is 1. The largest absolute Gasteiger partial charge is 0.497 e. The molecule has 88 valence electrons. The highest BCUT2D eigenvalue weighted by molar-refractivity contribution is 7.81. The normalized spacial score (nSPS) is 14.2. The van der Waals surface area contributed by atoms with E-state index in [1.165, 1.54) is 0 Å². The van der Waals surface area contributed by atoms with E-state index in [2.05, 4.69) is 12.6 Å². The van der Waals surface area contributed by atoms with Crippen LogP contribution >= 0.6 is 12.6 Å². The second-order valence-corrected chi connectivity index (χ2v) is 4.15. The van der Waals surface area contributed by atoms with Gasteiger partial charge in [0.1, 0.15) is 11.8 Å². The van der Waals surface area contributed by atoms with Crippen molar-refractivity contribution < 1.29 is 14.6 Å². The van der Waals surface area contributed by atoms with Crippen LogP contribution in [0.25, 0.3) is 0 Å². The quantitative estimate of drug-likeness (QED) is 0.671. The predicted molar refractivity (Wildman–Crippen MR) is 65.1 cm³/mol. The summed E-state index contributed by atoms with van der Waals surface area (Å²) >= 11 is 4.19. The number of methoxy groups -OCH3 is 1. The molecule has 0 aliphatic carbocycles. The second kappa shape index (κ2) is 5.77. The van der Waals surface area contributed by atoms with E-state index in [9.17, 15) is 4.79 Å². The van der Waals surface area contributed by atoms with E-state index in [1.807, 2.05) is 24.3 Å². The fourth-order valence-corrected chi connectivity index (χ4v) is 1.63. The highest BCUT2D eigenvalue weighted by atomic mass is 32.1. The first-order valence-electron chi connectivity index (χ1n) is 4.84. The van der Waals surface area contributed by atoms with Crippen LogP contribution in [0.15, 0.2) is 24.3 Å². The van der Waals surface area contributed by atoms with Crippen molar-refractivity contribution in [3.8, 4) is 5.75 Å². The van der Waals surface area contributed by atoms with Gasteiger partial charge in [-0.05, 0) is 24.1 Å². The molecule has 2 atom stereocenters. The lowest BCUT2D eigenvalue weighted by molar-refractivity contribution is -0.138. The zero-order valence-electron chi connectivity index (χ0n) is 8.96. The molecule has 1 aromatic rings. The molecule has 1 aromatic carbocycles.